The van der Waals surface area contributed by atoms with Crippen molar-refractivity contribution in [2.24, 2.45) is 12.0 Å². The molecule has 164 valence electrons. The molecule has 2 aromatic rings. The normalized spacial score (nSPS) is 18.5. The summed E-state index contributed by atoms with van der Waals surface area (Å²) in [6, 6.07) is 15.7. The lowest BCUT2D eigenvalue weighted by atomic mass is 10.0. The average Bonchev–Trinajstić information content (AvgIpc) is 3.16. The maximum atomic E-state index is 4.91. The van der Waals surface area contributed by atoms with Crippen molar-refractivity contribution in [3.8, 4) is 0 Å². The van der Waals surface area contributed by atoms with Gasteiger partial charge in [-0.25, -0.2) is 0 Å². The van der Waals surface area contributed by atoms with Crippen molar-refractivity contribution in [3.63, 3.8) is 0 Å². The van der Waals surface area contributed by atoms with Crippen LogP contribution >= 0.6 is 0 Å². The van der Waals surface area contributed by atoms with Gasteiger partial charge in [-0.05, 0) is 38.1 Å². The van der Waals surface area contributed by atoms with E-state index < -0.39 is 0 Å². The highest BCUT2D eigenvalue weighted by molar-refractivity contribution is 5.79. The van der Waals surface area contributed by atoms with Crippen LogP contribution in [0.15, 0.2) is 53.7 Å². The summed E-state index contributed by atoms with van der Waals surface area (Å²) in [5, 5.41) is 3.44. The monoisotopic (exact) mass is 410 g/mol. The first kappa shape index (κ1) is 22.4. The van der Waals surface area contributed by atoms with Crippen LogP contribution in [0, 0.1) is 0 Å². The fraction of sp³-hybridized carbons (Fsp3) is 0.542. The van der Waals surface area contributed by atoms with Gasteiger partial charge in [-0.1, -0.05) is 30.3 Å². The predicted octanol–water partition coefficient (Wildman–Crippen LogP) is 2.80. The van der Waals surface area contributed by atoms with E-state index >= 15 is 0 Å². The molecule has 0 aliphatic carbocycles. The summed E-state index contributed by atoms with van der Waals surface area (Å²) in [5.41, 5.74) is 2.70. The van der Waals surface area contributed by atoms with E-state index in [0.717, 1.165) is 58.2 Å². The van der Waals surface area contributed by atoms with Crippen molar-refractivity contribution >= 4 is 5.96 Å². The maximum Gasteiger partial charge on any atom is 0.194 e. The van der Waals surface area contributed by atoms with Crippen LogP contribution in [-0.2, 0) is 13.6 Å². The molecule has 0 amide bonds. The van der Waals surface area contributed by atoms with E-state index in [2.05, 4.69) is 101 Å². The minimum atomic E-state index is 0.474. The highest BCUT2D eigenvalue weighted by atomic mass is 15.3. The lowest BCUT2D eigenvalue weighted by Crippen LogP contribution is -2.47. The lowest BCUT2D eigenvalue weighted by molar-refractivity contribution is 0.0894. The first-order chi connectivity index (χ1) is 14.6. The zero-order valence-electron chi connectivity index (χ0n) is 19.1. The minimum Gasteiger partial charge on any atom is -0.357 e. The highest BCUT2D eigenvalue weighted by Crippen LogP contribution is 2.24. The summed E-state index contributed by atoms with van der Waals surface area (Å²) in [7, 11) is 6.43. The van der Waals surface area contributed by atoms with E-state index in [9.17, 15) is 0 Å². The number of guanidine groups is 1. The van der Waals surface area contributed by atoms with E-state index in [0.29, 0.717) is 6.04 Å². The molecule has 30 heavy (non-hydrogen) atoms. The summed E-state index contributed by atoms with van der Waals surface area (Å²) < 4.78 is 2.16. The number of hydrogen-bond donors (Lipinski definition) is 1. The van der Waals surface area contributed by atoms with Gasteiger partial charge in [0, 0.05) is 71.3 Å². The standard InChI is InChI=1S/C24H38N6/c1-5-25-24(29(4)19-22-13-9-15-28(22)3)26-14-10-16-30-18-17-27(2)20-23(30)21-11-7-6-8-12-21/h6-9,11-13,15,23H,5,10,14,16-20H2,1-4H3,(H,25,26). The SMILES string of the molecule is CCNC(=NCCCN1CCN(C)CC1c1ccccc1)N(C)Cc1cccn1C. The summed E-state index contributed by atoms with van der Waals surface area (Å²) in [5.74, 6) is 0.983. The third-order valence-electron chi connectivity index (χ3n) is 5.89. The van der Waals surface area contributed by atoms with Crippen LogP contribution < -0.4 is 5.32 Å². The van der Waals surface area contributed by atoms with Crippen LogP contribution in [-0.4, -0.2) is 78.6 Å². The summed E-state index contributed by atoms with van der Waals surface area (Å²) in [6.07, 6.45) is 3.16. The maximum absolute atomic E-state index is 4.91. The second kappa shape index (κ2) is 11.2. The van der Waals surface area contributed by atoms with Crippen LogP contribution in [0.25, 0.3) is 0 Å². The largest absolute Gasteiger partial charge is 0.357 e. The third-order valence-corrected chi connectivity index (χ3v) is 5.89. The van der Waals surface area contributed by atoms with E-state index in [-0.39, 0.29) is 0 Å². The summed E-state index contributed by atoms with van der Waals surface area (Å²) >= 11 is 0. The van der Waals surface area contributed by atoms with Crippen LogP contribution in [0.2, 0.25) is 0 Å². The topological polar surface area (TPSA) is 39.0 Å². The molecular formula is C24H38N6. The molecular weight excluding hydrogens is 372 g/mol. The van der Waals surface area contributed by atoms with Gasteiger partial charge in [-0.15, -0.1) is 0 Å². The number of nitrogens with one attached hydrogen (secondary N) is 1. The van der Waals surface area contributed by atoms with Gasteiger partial charge in [0.15, 0.2) is 5.96 Å². The molecule has 2 heterocycles. The first-order valence-electron chi connectivity index (χ1n) is 11.2. The molecule has 6 heteroatoms. The zero-order valence-corrected chi connectivity index (χ0v) is 19.1. The number of rotatable bonds is 8. The Labute approximate surface area is 182 Å². The molecule has 1 fully saturated rings. The molecule has 0 saturated carbocycles. The van der Waals surface area contributed by atoms with Gasteiger partial charge < -0.3 is 19.7 Å². The third kappa shape index (κ3) is 6.09. The molecule has 1 N–H and O–H groups in total. The molecule has 1 unspecified atom stereocenters. The van der Waals surface area contributed by atoms with E-state index in [1.165, 1.54) is 11.3 Å². The number of hydrogen-bond acceptors (Lipinski definition) is 3. The Morgan fingerprint density at radius 2 is 1.93 bits per heavy atom. The highest BCUT2D eigenvalue weighted by Gasteiger charge is 2.25. The van der Waals surface area contributed by atoms with Crippen molar-refractivity contribution in [1.82, 2.24) is 24.6 Å². The number of piperazine rings is 1. The Balaban J connectivity index is 1.56. The summed E-state index contributed by atoms with van der Waals surface area (Å²) in [4.78, 5) is 12.2. The van der Waals surface area contributed by atoms with Gasteiger partial charge in [-0.2, -0.15) is 0 Å². The van der Waals surface area contributed by atoms with Gasteiger partial charge in [-0.3, -0.25) is 9.89 Å². The Morgan fingerprint density at radius 1 is 1.13 bits per heavy atom. The van der Waals surface area contributed by atoms with Crippen LogP contribution in [0.5, 0.6) is 0 Å². The Bertz CT molecular complexity index is 784. The summed E-state index contributed by atoms with van der Waals surface area (Å²) in [6.45, 7) is 9.12. The van der Waals surface area contributed by atoms with Gasteiger partial charge in [0.1, 0.15) is 0 Å². The lowest BCUT2D eigenvalue weighted by Gasteiger charge is -2.40. The second-order valence-corrected chi connectivity index (χ2v) is 8.28. The molecule has 1 aromatic carbocycles. The Hall–Kier alpha value is -2.31. The minimum absolute atomic E-state index is 0.474. The van der Waals surface area contributed by atoms with Gasteiger partial charge in [0.2, 0.25) is 0 Å². The van der Waals surface area contributed by atoms with Crippen molar-refractivity contribution in [1.29, 1.82) is 0 Å². The molecule has 0 radical (unpaired) electrons. The molecule has 1 saturated heterocycles. The van der Waals surface area contributed by atoms with Crippen LogP contribution in [0.3, 0.4) is 0 Å². The quantitative estimate of drug-likeness (QED) is 0.413. The molecule has 0 spiro atoms. The zero-order chi connectivity index (χ0) is 21.3. The van der Waals surface area contributed by atoms with Crippen molar-refractivity contribution in [3.05, 3.63) is 59.9 Å². The molecule has 1 aliphatic rings. The average molecular weight is 411 g/mol. The smallest absolute Gasteiger partial charge is 0.194 e. The number of benzene rings is 1. The predicted molar refractivity (Wildman–Crippen MR) is 126 cm³/mol. The Kier molecular flexibility index (Phi) is 8.34. The van der Waals surface area contributed by atoms with Gasteiger partial charge >= 0.3 is 0 Å². The van der Waals surface area contributed by atoms with Crippen molar-refractivity contribution in [2.75, 3.05) is 53.4 Å². The van der Waals surface area contributed by atoms with Crippen molar-refractivity contribution in [2.45, 2.75) is 25.9 Å². The molecule has 3 rings (SSSR count). The fourth-order valence-corrected chi connectivity index (χ4v) is 4.12. The van der Waals surface area contributed by atoms with Crippen LogP contribution in [0.1, 0.15) is 30.6 Å². The van der Waals surface area contributed by atoms with E-state index in [4.69, 9.17) is 4.99 Å². The fourth-order valence-electron chi connectivity index (χ4n) is 4.12. The van der Waals surface area contributed by atoms with Gasteiger partial charge in [0.25, 0.3) is 0 Å². The molecule has 6 nitrogen and oxygen atoms in total. The second-order valence-electron chi connectivity index (χ2n) is 8.28. The molecule has 1 aromatic heterocycles. The van der Waals surface area contributed by atoms with E-state index in [1.54, 1.807) is 0 Å². The molecule has 1 atom stereocenters. The van der Waals surface area contributed by atoms with E-state index in [1.807, 2.05) is 0 Å². The number of likely N-dealkylation sites (N-methyl/N-ethyl adjacent to an activating group) is 1. The number of aliphatic imine (C=N–C) groups is 1. The van der Waals surface area contributed by atoms with Crippen molar-refractivity contribution < 1.29 is 0 Å². The molecule has 1 aliphatic heterocycles. The number of nitrogens with zero attached hydrogens (tertiary/aromatic N) is 5. The number of aryl methyl sites for hydroxylation is 1. The molecule has 0 bridgehead atoms. The van der Waals surface area contributed by atoms with Crippen LogP contribution in [0.4, 0.5) is 0 Å². The van der Waals surface area contributed by atoms with Gasteiger partial charge in [0.05, 0.1) is 6.54 Å². The first-order valence-corrected chi connectivity index (χ1v) is 11.2. The Morgan fingerprint density at radius 3 is 2.63 bits per heavy atom. The number of aromatic nitrogens is 1.